The van der Waals surface area contributed by atoms with Crippen molar-refractivity contribution in [2.45, 2.75) is 129 Å². The Labute approximate surface area is 269 Å². The topological polar surface area (TPSA) is 105 Å². The number of phosphoric ester groups is 1. The fraction of sp³-hybridized carbons (Fsp3) is 0.743. The zero-order valence-corrected chi connectivity index (χ0v) is 29.5. The second-order valence-electron chi connectivity index (χ2n) is 12.5. The Balaban J connectivity index is 4.55. The third kappa shape index (κ3) is 29.2. The summed E-state index contributed by atoms with van der Waals surface area (Å²) >= 11 is 0. The van der Waals surface area contributed by atoms with Gasteiger partial charge in [0.05, 0.1) is 39.9 Å². The zero-order chi connectivity index (χ0) is 32.9. The van der Waals surface area contributed by atoms with Crippen molar-refractivity contribution in [2.24, 2.45) is 0 Å². The zero-order valence-electron chi connectivity index (χ0n) is 28.6. The molecule has 0 aliphatic carbocycles. The number of carbonyl (C=O) groups excluding carboxylic acids is 1. The normalized spacial score (nSPS) is 15.5. The number of aliphatic hydroxyl groups excluding tert-OH is 1. The van der Waals surface area contributed by atoms with Gasteiger partial charge in [-0.2, -0.15) is 0 Å². The molecule has 8 nitrogen and oxygen atoms in total. The summed E-state index contributed by atoms with van der Waals surface area (Å²) in [5, 5.41) is 13.6. The Hall–Kier alpha value is -1.54. The molecule has 0 heterocycles. The highest BCUT2D eigenvalue weighted by atomic mass is 31.2. The Morgan fingerprint density at radius 1 is 0.773 bits per heavy atom. The van der Waals surface area contributed by atoms with Gasteiger partial charge in [-0.1, -0.05) is 101 Å². The molecule has 0 aromatic rings. The van der Waals surface area contributed by atoms with E-state index in [0.717, 1.165) is 70.6 Å². The number of amides is 1. The number of carbonyl (C=O) groups is 1. The lowest BCUT2D eigenvalue weighted by Crippen LogP contribution is -2.45. The summed E-state index contributed by atoms with van der Waals surface area (Å²) in [5.41, 5.74) is 0. The molecule has 0 radical (unpaired) electrons. The summed E-state index contributed by atoms with van der Waals surface area (Å²) in [6.45, 7) is 4.60. The first kappa shape index (κ1) is 42.5. The van der Waals surface area contributed by atoms with E-state index in [9.17, 15) is 19.4 Å². The quantitative estimate of drug-likeness (QED) is 0.0329. The molecule has 0 saturated heterocycles. The molecule has 0 aliphatic heterocycles. The van der Waals surface area contributed by atoms with Gasteiger partial charge in [-0.3, -0.25) is 13.8 Å². The predicted octanol–water partition coefficient (Wildman–Crippen LogP) is 8.18. The first-order chi connectivity index (χ1) is 21.0. The third-order valence-corrected chi connectivity index (χ3v) is 7.99. The minimum absolute atomic E-state index is 0.0507. The van der Waals surface area contributed by atoms with Crippen molar-refractivity contribution in [1.82, 2.24) is 5.32 Å². The molecule has 44 heavy (non-hydrogen) atoms. The van der Waals surface area contributed by atoms with Crippen LogP contribution in [0.15, 0.2) is 48.6 Å². The lowest BCUT2D eigenvalue weighted by Gasteiger charge is -2.25. The maximum absolute atomic E-state index is 12.7. The minimum atomic E-state index is -4.33. The summed E-state index contributed by atoms with van der Waals surface area (Å²) < 4.78 is 23.3. The number of likely N-dealkylation sites (N-methyl/N-ethyl adjacent to an activating group) is 1. The maximum Gasteiger partial charge on any atom is 0.472 e. The second-order valence-corrected chi connectivity index (χ2v) is 14.0. The van der Waals surface area contributed by atoms with Gasteiger partial charge in [0.1, 0.15) is 13.2 Å². The molecule has 3 N–H and O–H groups in total. The molecular weight excluding hydrogens is 575 g/mol. The number of unbranched alkanes of at least 4 members (excludes halogenated alkanes) is 10. The van der Waals surface area contributed by atoms with Crippen LogP contribution in [0.4, 0.5) is 0 Å². The Bertz CT molecular complexity index is 866. The number of quaternary nitrogens is 1. The lowest BCUT2D eigenvalue weighted by atomic mass is 10.1. The van der Waals surface area contributed by atoms with Gasteiger partial charge in [0.15, 0.2) is 0 Å². The molecule has 0 rings (SSSR count). The van der Waals surface area contributed by atoms with Gasteiger partial charge in [-0.05, 0) is 57.8 Å². The Kier molecular flexibility index (Phi) is 26.8. The molecule has 1 amide bonds. The molecule has 0 aliphatic rings. The number of nitrogens with one attached hydrogen (secondary N) is 1. The van der Waals surface area contributed by atoms with Crippen LogP contribution in [0.5, 0.6) is 0 Å². The molecule has 0 fully saturated rings. The molecule has 0 aromatic carbocycles. The number of phosphoric acid groups is 1. The van der Waals surface area contributed by atoms with E-state index in [2.05, 4.69) is 55.6 Å². The summed E-state index contributed by atoms with van der Waals surface area (Å²) in [4.78, 5) is 22.8. The highest BCUT2D eigenvalue weighted by Crippen LogP contribution is 2.43. The van der Waals surface area contributed by atoms with E-state index in [4.69, 9.17) is 9.05 Å². The Morgan fingerprint density at radius 2 is 1.36 bits per heavy atom. The van der Waals surface area contributed by atoms with Gasteiger partial charge in [0, 0.05) is 6.42 Å². The summed E-state index contributed by atoms with van der Waals surface area (Å²) in [7, 11) is 1.53. The average Bonchev–Trinajstić information content (AvgIpc) is 2.95. The molecule has 3 unspecified atom stereocenters. The molecule has 0 aromatic heterocycles. The van der Waals surface area contributed by atoms with Crippen LogP contribution in [-0.2, 0) is 18.4 Å². The van der Waals surface area contributed by atoms with E-state index >= 15 is 0 Å². The van der Waals surface area contributed by atoms with Crippen LogP contribution in [0.2, 0.25) is 0 Å². The van der Waals surface area contributed by atoms with Gasteiger partial charge in [-0.15, -0.1) is 0 Å². The van der Waals surface area contributed by atoms with E-state index in [0.29, 0.717) is 17.4 Å². The maximum atomic E-state index is 12.7. The van der Waals surface area contributed by atoms with Crippen LogP contribution < -0.4 is 5.32 Å². The standard InChI is InChI=1S/C35H65N2O6P/c1-6-8-10-12-14-15-16-17-18-19-20-21-23-25-27-29-35(39)36-33(34(38)28-26-24-22-13-11-9-7-2)32-43-44(40,41)42-31-30-37(3,4)5/h11,13-15,17-18,26,28,33-34,38H,6-10,12,16,19-25,27,29-32H2,1-5H3,(H-,36,39,40,41)/p+1/b13-11+,15-14-,18-17-,28-26+. The fourth-order valence-electron chi connectivity index (χ4n) is 4.21. The van der Waals surface area contributed by atoms with Crippen LogP contribution in [0.1, 0.15) is 117 Å². The van der Waals surface area contributed by atoms with Gasteiger partial charge >= 0.3 is 7.82 Å². The number of allylic oxidation sites excluding steroid dienone is 7. The summed E-state index contributed by atoms with van der Waals surface area (Å²) in [6.07, 6.45) is 32.0. The van der Waals surface area contributed by atoms with Crippen LogP contribution in [0, 0.1) is 0 Å². The van der Waals surface area contributed by atoms with Crippen LogP contribution >= 0.6 is 7.82 Å². The molecule has 3 atom stereocenters. The van der Waals surface area contributed by atoms with Gasteiger partial charge in [-0.25, -0.2) is 4.57 Å². The molecule has 9 heteroatoms. The summed E-state index contributed by atoms with van der Waals surface area (Å²) in [5.74, 6) is -0.210. The lowest BCUT2D eigenvalue weighted by molar-refractivity contribution is -0.870. The second kappa shape index (κ2) is 27.7. The minimum Gasteiger partial charge on any atom is -0.387 e. The number of nitrogens with zero attached hydrogens (tertiary/aromatic N) is 1. The van der Waals surface area contributed by atoms with Gasteiger partial charge < -0.3 is 19.8 Å². The number of hydrogen-bond donors (Lipinski definition) is 3. The predicted molar refractivity (Wildman–Crippen MR) is 184 cm³/mol. The number of hydrogen-bond acceptors (Lipinski definition) is 5. The average molecular weight is 642 g/mol. The highest BCUT2D eigenvalue weighted by Gasteiger charge is 2.27. The summed E-state index contributed by atoms with van der Waals surface area (Å²) in [6, 6.07) is -0.866. The van der Waals surface area contributed by atoms with E-state index in [1.54, 1.807) is 6.08 Å². The monoisotopic (exact) mass is 641 g/mol. The smallest absolute Gasteiger partial charge is 0.387 e. The van der Waals surface area contributed by atoms with Crippen LogP contribution in [-0.4, -0.2) is 73.4 Å². The van der Waals surface area contributed by atoms with Crippen molar-refractivity contribution in [1.29, 1.82) is 0 Å². The number of aliphatic hydroxyl groups is 1. The van der Waals surface area contributed by atoms with Crippen molar-refractivity contribution in [3.05, 3.63) is 48.6 Å². The van der Waals surface area contributed by atoms with Crippen LogP contribution in [0.3, 0.4) is 0 Å². The van der Waals surface area contributed by atoms with Crippen molar-refractivity contribution in [2.75, 3.05) is 40.9 Å². The van der Waals surface area contributed by atoms with Crippen LogP contribution in [0.25, 0.3) is 0 Å². The van der Waals surface area contributed by atoms with E-state index in [1.165, 1.54) is 25.7 Å². The van der Waals surface area contributed by atoms with E-state index in [1.807, 2.05) is 27.2 Å². The first-order valence-electron chi connectivity index (χ1n) is 17.0. The van der Waals surface area contributed by atoms with E-state index in [-0.39, 0.29) is 19.1 Å². The fourth-order valence-corrected chi connectivity index (χ4v) is 4.94. The largest absolute Gasteiger partial charge is 0.472 e. The SMILES string of the molecule is CCC/C=C/CC/C=C/C(O)C(COP(=O)(O)OCC[N+](C)(C)C)NC(=O)CCCCCCC/C=C\C/C=C\CCCCC. The van der Waals surface area contributed by atoms with Gasteiger partial charge in [0.2, 0.25) is 5.91 Å². The van der Waals surface area contributed by atoms with Crippen molar-refractivity contribution in [3.8, 4) is 0 Å². The van der Waals surface area contributed by atoms with E-state index < -0.39 is 20.0 Å². The van der Waals surface area contributed by atoms with Crippen molar-refractivity contribution < 1.29 is 32.9 Å². The first-order valence-corrected chi connectivity index (χ1v) is 18.5. The molecule has 0 bridgehead atoms. The molecular formula is C35H66N2O6P+. The van der Waals surface area contributed by atoms with Gasteiger partial charge in [0.25, 0.3) is 0 Å². The van der Waals surface area contributed by atoms with Crippen molar-refractivity contribution in [3.63, 3.8) is 0 Å². The Morgan fingerprint density at radius 3 is 2.02 bits per heavy atom. The highest BCUT2D eigenvalue weighted by molar-refractivity contribution is 7.47. The van der Waals surface area contributed by atoms with Crippen molar-refractivity contribution >= 4 is 13.7 Å². The molecule has 0 saturated carbocycles. The molecule has 0 spiro atoms. The number of rotatable bonds is 29. The third-order valence-electron chi connectivity index (χ3n) is 7.00. The molecule has 256 valence electrons.